The molecule has 2 aromatic carbocycles. The summed E-state index contributed by atoms with van der Waals surface area (Å²) >= 11 is 0. The van der Waals surface area contributed by atoms with Crippen LogP contribution in [0.5, 0.6) is 17.2 Å². The highest BCUT2D eigenvalue weighted by Crippen LogP contribution is 2.34. The maximum absolute atomic E-state index is 12.4. The molecule has 0 aliphatic carbocycles. The maximum atomic E-state index is 12.4. The van der Waals surface area contributed by atoms with Crippen molar-refractivity contribution in [2.75, 3.05) is 36.7 Å². The molecule has 0 radical (unpaired) electrons. The van der Waals surface area contributed by atoms with Gasteiger partial charge in [0.1, 0.15) is 17.1 Å². The van der Waals surface area contributed by atoms with Crippen molar-refractivity contribution >= 4 is 34.2 Å². The Morgan fingerprint density at radius 1 is 1.09 bits per heavy atom. The molecule has 0 atom stereocenters. The minimum absolute atomic E-state index is 0.0797. The van der Waals surface area contributed by atoms with Gasteiger partial charge in [-0.2, -0.15) is 0 Å². The zero-order chi connectivity index (χ0) is 22.8. The van der Waals surface area contributed by atoms with Crippen molar-refractivity contribution in [2.24, 2.45) is 11.7 Å². The van der Waals surface area contributed by atoms with Crippen molar-refractivity contribution in [1.29, 1.82) is 0 Å². The second-order valence-electron chi connectivity index (χ2n) is 8.07. The van der Waals surface area contributed by atoms with E-state index in [4.69, 9.17) is 24.9 Å². The molecule has 2 aliphatic rings. The number of pyridine rings is 1. The third-order valence-corrected chi connectivity index (χ3v) is 5.90. The van der Waals surface area contributed by atoms with E-state index in [0.29, 0.717) is 54.4 Å². The fourth-order valence-corrected chi connectivity index (χ4v) is 4.11. The summed E-state index contributed by atoms with van der Waals surface area (Å²) in [7, 11) is 0. The van der Waals surface area contributed by atoms with Crippen LogP contribution in [-0.4, -0.2) is 43.3 Å². The number of benzene rings is 2. The van der Waals surface area contributed by atoms with Crippen molar-refractivity contribution in [3.8, 4) is 17.2 Å². The molecule has 0 saturated carbocycles. The van der Waals surface area contributed by atoms with Gasteiger partial charge in [0.2, 0.25) is 12.7 Å². The lowest BCUT2D eigenvalue weighted by Crippen LogP contribution is -2.38. The molecule has 0 bridgehead atoms. The van der Waals surface area contributed by atoms with Crippen molar-refractivity contribution in [3.63, 3.8) is 0 Å². The van der Waals surface area contributed by atoms with Gasteiger partial charge in [0, 0.05) is 36.1 Å². The SMILES string of the molecule is NC(=O)C1CCN(c2ccc3cccc(OCC(=O)Nc4ccc5c(c4)OCO5)c3n2)CC1. The number of rotatable bonds is 6. The van der Waals surface area contributed by atoms with Crippen molar-refractivity contribution in [3.05, 3.63) is 48.5 Å². The molecule has 170 valence electrons. The van der Waals surface area contributed by atoms with Crippen molar-refractivity contribution in [1.82, 2.24) is 4.98 Å². The summed E-state index contributed by atoms with van der Waals surface area (Å²) in [5, 5.41) is 3.72. The monoisotopic (exact) mass is 448 g/mol. The van der Waals surface area contributed by atoms with Gasteiger partial charge < -0.3 is 30.2 Å². The largest absolute Gasteiger partial charge is 0.481 e. The second kappa shape index (κ2) is 8.85. The van der Waals surface area contributed by atoms with E-state index in [2.05, 4.69) is 10.2 Å². The molecule has 3 heterocycles. The van der Waals surface area contributed by atoms with Crippen LogP contribution in [0.2, 0.25) is 0 Å². The molecule has 0 spiro atoms. The lowest BCUT2D eigenvalue weighted by molar-refractivity contribution is -0.122. The Kier molecular flexibility index (Phi) is 5.60. The third-order valence-electron chi connectivity index (χ3n) is 5.90. The van der Waals surface area contributed by atoms with Crippen LogP contribution in [0.1, 0.15) is 12.8 Å². The van der Waals surface area contributed by atoms with Gasteiger partial charge >= 0.3 is 0 Å². The molecule has 1 saturated heterocycles. The molecule has 3 aromatic rings. The van der Waals surface area contributed by atoms with E-state index in [1.807, 2.05) is 24.3 Å². The topological polar surface area (TPSA) is 116 Å². The number of ether oxygens (including phenoxy) is 3. The molecule has 5 rings (SSSR count). The summed E-state index contributed by atoms with van der Waals surface area (Å²) < 4.78 is 16.4. The maximum Gasteiger partial charge on any atom is 0.262 e. The number of para-hydroxylation sites is 1. The number of piperidine rings is 1. The summed E-state index contributed by atoms with van der Waals surface area (Å²) in [4.78, 5) is 30.8. The van der Waals surface area contributed by atoms with Crippen LogP contribution in [0.15, 0.2) is 48.5 Å². The third kappa shape index (κ3) is 4.48. The van der Waals surface area contributed by atoms with E-state index in [0.717, 1.165) is 11.2 Å². The first-order valence-corrected chi connectivity index (χ1v) is 10.8. The highest BCUT2D eigenvalue weighted by atomic mass is 16.7. The molecule has 1 fully saturated rings. The van der Waals surface area contributed by atoms with E-state index >= 15 is 0 Å². The molecular formula is C24H24N4O5. The zero-order valence-corrected chi connectivity index (χ0v) is 18.0. The zero-order valence-electron chi connectivity index (χ0n) is 18.0. The Balaban J connectivity index is 1.26. The number of carbonyl (C=O) groups is 2. The predicted octanol–water partition coefficient (Wildman–Crippen LogP) is 2.68. The van der Waals surface area contributed by atoms with Gasteiger partial charge in [0.05, 0.1) is 0 Å². The Bertz CT molecular complexity index is 1210. The number of aromatic nitrogens is 1. The first-order chi connectivity index (χ1) is 16.1. The van der Waals surface area contributed by atoms with Crippen LogP contribution in [0.4, 0.5) is 11.5 Å². The molecular weight excluding hydrogens is 424 g/mol. The summed E-state index contributed by atoms with van der Waals surface area (Å²) in [6.45, 7) is 1.44. The number of primary amides is 1. The number of hydrogen-bond acceptors (Lipinski definition) is 7. The second-order valence-corrected chi connectivity index (χ2v) is 8.07. The highest BCUT2D eigenvalue weighted by molar-refractivity contribution is 5.93. The summed E-state index contributed by atoms with van der Waals surface area (Å²) in [6.07, 6.45) is 1.43. The lowest BCUT2D eigenvalue weighted by Gasteiger charge is -2.31. The number of anilines is 2. The molecule has 2 aliphatic heterocycles. The quantitative estimate of drug-likeness (QED) is 0.596. The van der Waals surface area contributed by atoms with E-state index in [9.17, 15) is 9.59 Å². The number of hydrogen-bond donors (Lipinski definition) is 2. The average Bonchev–Trinajstić information content (AvgIpc) is 3.30. The number of nitrogens with one attached hydrogen (secondary N) is 1. The van der Waals surface area contributed by atoms with E-state index in [1.54, 1.807) is 24.3 Å². The fraction of sp³-hybridized carbons (Fsp3) is 0.292. The summed E-state index contributed by atoms with van der Waals surface area (Å²) in [5.74, 6) is 1.98. The van der Waals surface area contributed by atoms with Gasteiger partial charge in [-0.3, -0.25) is 9.59 Å². The highest BCUT2D eigenvalue weighted by Gasteiger charge is 2.24. The van der Waals surface area contributed by atoms with Crippen molar-refractivity contribution < 1.29 is 23.8 Å². The smallest absolute Gasteiger partial charge is 0.262 e. The van der Waals surface area contributed by atoms with Crippen LogP contribution in [0.3, 0.4) is 0 Å². The molecule has 3 N–H and O–H groups in total. The van der Waals surface area contributed by atoms with Gasteiger partial charge in [-0.25, -0.2) is 4.98 Å². The number of nitrogens with zero attached hydrogens (tertiary/aromatic N) is 2. The fourth-order valence-electron chi connectivity index (χ4n) is 4.11. The Hall–Kier alpha value is -4.01. The van der Waals surface area contributed by atoms with Crippen LogP contribution in [0, 0.1) is 5.92 Å². The molecule has 9 nitrogen and oxygen atoms in total. The van der Waals surface area contributed by atoms with Gasteiger partial charge in [-0.05, 0) is 43.2 Å². The molecule has 0 unspecified atom stereocenters. The number of amides is 2. The number of fused-ring (bicyclic) bond motifs is 2. The molecule has 1 aromatic heterocycles. The van der Waals surface area contributed by atoms with E-state index in [1.165, 1.54) is 0 Å². The Morgan fingerprint density at radius 2 is 1.91 bits per heavy atom. The summed E-state index contributed by atoms with van der Waals surface area (Å²) in [5.41, 5.74) is 6.73. The Labute approximate surface area is 190 Å². The minimum Gasteiger partial charge on any atom is -0.481 e. The summed E-state index contributed by atoms with van der Waals surface area (Å²) in [6, 6.07) is 14.8. The van der Waals surface area contributed by atoms with Crippen LogP contribution >= 0.6 is 0 Å². The average molecular weight is 448 g/mol. The van der Waals surface area contributed by atoms with Crippen LogP contribution in [-0.2, 0) is 9.59 Å². The van der Waals surface area contributed by atoms with Gasteiger partial charge in [-0.1, -0.05) is 12.1 Å². The minimum atomic E-state index is -0.296. The first-order valence-electron chi connectivity index (χ1n) is 10.8. The molecule has 9 heteroatoms. The van der Waals surface area contributed by atoms with E-state index in [-0.39, 0.29) is 31.1 Å². The number of nitrogens with two attached hydrogens (primary N) is 1. The first kappa shape index (κ1) is 20.9. The lowest BCUT2D eigenvalue weighted by atomic mass is 9.96. The number of carbonyl (C=O) groups excluding carboxylic acids is 2. The van der Waals surface area contributed by atoms with E-state index < -0.39 is 0 Å². The van der Waals surface area contributed by atoms with Gasteiger partial charge in [-0.15, -0.1) is 0 Å². The van der Waals surface area contributed by atoms with Gasteiger partial charge in [0.25, 0.3) is 5.91 Å². The van der Waals surface area contributed by atoms with Crippen LogP contribution in [0.25, 0.3) is 10.9 Å². The standard InChI is InChI=1S/C24H24N4O5/c25-24(30)16-8-10-28(11-9-16)21-7-4-15-2-1-3-19(23(15)27-21)31-13-22(29)26-17-5-6-18-20(12-17)33-14-32-18/h1-7,12,16H,8-11,13-14H2,(H2,25,30)(H,26,29). The molecule has 2 amide bonds. The van der Waals surface area contributed by atoms with Crippen LogP contribution < -0.4 is 30.2 Å². The molecule has 33 heavy (non-hydrogen) atoms. The normalized spacial score (nSPS) is 15.5. The van der Waals surface area contributed by atoms with Crippen molar-refractivity contribution in [2.45, 2.75) is 12.8 Å². The Morgan fingerprint density at radius 3 is 2.73 bits per heavy atom. The van der Waals surface area contributed by atoms with Gasteiger partial charge in [0.15, 0.2) is 18.1 Å². The predicted molar refractivity (Wildman–Crippen MR) is 123 cm³/mol.